The second-order valence-corrected chi connectivity index (χ2v) is 8.57. The lowest BCUT2D eigenvalue weighted by atomic mass is 10.2. The summed E-state index contributed by atoms with van der Waals surface area (Å²) < 4.78 is 54.9. The van der Waals surface area contributed by atoms with E-state index in [0.717, 1.165) is 11.4 Å². The molecule has 0 spiro atoms. The van der Waals surface area contributed by atoms with Gasteiger partial charge in [-0.1, -0.05) is 12.1 Å². The number of sulfonamides is 1. The lowest BCUT2D eigenvalue weighted by Gasteiger charge is -2.15. The predicted octanol–water partition coefficient (Wildman–Crippen LogP) is 4.92. The number of hydrogen-bond donors (Lipinski definition) is 1. The number of anilines is 1. The maximum absolute atomic E-state index is 13.2. The van der Waals surface area contributed by atoms with Crippen LogP contribution in [0.25, 0.3) is 5.69 Å². The van der Waals surface area contributed by atoms with Crippen LogP contribution in [0.15, 0.2) is 84.1 Å². The molecule has 1 aromatic heterocycles. The van der Waals surface area contributed by atoms with E-state index in [1.807, 2.05) is 13.1 Å². The highest BCUT2D eigenvalue weighted by Crippen LogP contribution is 2.32. The first-order valence-corrected chi connectivity index (χ1v) is 11.1. The summed E-state index contributed by atoms with van der Waals surface area (Å²) in [6, 6.07) is 16.5. The molecule has 9 heteroatoms. The first-order chi connectivity index (χ1) is 15.4. The molecule has 0 unspecified atom stereocenters. The van der Waals surface area contributed by atoms with Gasteiger partial charge in [0.1, 0.15) is 28.0 Å². The highest BCUT2D eigenvalue weighted by molar-refractivity contribution is 7.92. The Morgan fingerprint density at radius 3 is 2.44 bits per heavy atom. The minimum absolute atomic E-state index is 0.0578. The molecule has 0 saturated carbocycles. The molecule has 32 heavy (non-hydrogen) atoms. The van der Waals surface area contributed by atoms with Crippen molar-refractivity contribution in [3.8, 4) is 22.9 Å². The molecule has 164 valence electrons. The number of aryl methyl sites for hydroxylation is 1. The molecule has 7 nitrogen and oxygen atoms in total. The Morgan fingerprint density at radius 2 is 1.75 bits per heavy atom. The average Bonchev–Trinajstić information content (AvgIpc) is 3.21. The molecule has 0 aliphatic rings. The molecule has 0 atom stereocenters. The van der Waals surface area contributed by atoms with Crippen LogP contribution in [0, 0.1) is 12.7 Å². The van der Waals surface area contributed by atoms with Gasteiger partial charge in [-0.05, 0) is 55.5 Å². The van der Waals surface area contributed by atoms with E-state index in [4.69, 9.17) is 9.47 Å². The molecule has 0 aliphatic carbocycles. The van der Waals surface area contributed by atoms with E-state index in [9.17, 15) is 12.8 Å². The number of nitrogens with zero attached hydrogens (tertiary/aromatic N) is 2. The van der Waals surface area contributed by atoms with Crippen LogP contribution >= 0.6 is 0 Å². The summed E-state index contributed by atoms with van der Waals surface area (Å²) in [7, 11) is -2.49. The van der Waals surface area contributed by atoms with E-state index in [1.165, 1.54) is 43.5 Å². The first-order valence-electron chi connectivity index (χ1n) is 9.60. The predicted molar refractivity (Wildman–Crippen MR) is 119 cm³/mol. The molecular formula is C23H20FN3O4S. The van der Waals surface area contributed by atoms with Gasteiger partial charge in [-0.3, -0.25) is 4.72 Å². The zero-order valence-electron chi connectivity index (χ0n) is 17.3. The van der Waals surface area contributed by atoms with E-state index in [2.05, 4.69) is 9.71 Å². The summed E-state index contributed by atoms with van der Waals surface area (Å²) in [4.78, 5) is 4.14. The Morgan fingerprint density at radius 1 is 1.00 bits per heavy atom. The highest BCUT2D eigenvalue weighted by Gasteiger charge is 2.21. The van der Waals surface area contributed by atoms with E-state index >= 15 is 0 Å². The molecular weight excluding hydrogens is 433 g/mol. The SMILES string of the molecule is COc1cc(NS(=O)(=O)c2ccccc2Oc2ccc(F)cc2)ccc1-n1cnc(C)c1. The second kappa shape index (κ2) is 8.72. The third kappa shape index (κ3) is 4.57. The number of imidazole rings is 1. The minimum Gasteiger partial charge on any atom is -0.494 e. The summed E-state index contributed by atoms with van der Waals surface area (Å²) in [5, 5.41) is 0. The summed E-state index contributed by atoms with van der Waals surface area (Å²) >= 11 is 0. The van der Waals surface area contributed by atoms with Gasteiger partial charge in [0.15, 0.2) is 0 Å². The Hall–Kier alpha value is -3.85. The highest BCUT2D eigenvalue weighted by atomic mass is 32.2. The maximum atomic E-state index is 13.2. The summed E-state index contributed by atoms with van der Waals surface area (Å²) in [6.07, 6.45) is 3.49. The van der Waals surface area contributed by atoms with Crippen molar-refractivity contribution >= 4 is 15.7 Å². The molecule has 3 aromatic carbocycles. The Bertz CT molecular complexity index is 1350. The number of ether oxygens (including phenoxy) is 2. The van der Waals surface area contributed by atoms with Crippen LogP contribution in [0.4, 0.5) is 10.1 Å². The van der Waals surface area contributed by atoms with Crippen molar-refractivity contribution in [2.75, 3.05) is 11.8 Å². The molecule has 0 fully saturated rings. The van der Waals surface area contributed by atoms with Gasteiger partial charge in [-0.25, -0.2) is 17.8 Å². The topological polar surface area (TPSA) is 82.5 Å². The van der Waals surface area contributed by atoms with E-state index in [0.29, 0.717) is 17.2 Å². The maximum Gasteiger partial charge on any atom is 0.265 e. The van der Waals surface area contributed by atoms with Crippen LogP contribution < -0.4 is 14.2 Å². The Balaban J connectivity index is 1.63. The van der Waals surface area contributed by atoms with Crippen LogP contribution in [0.3, 0.4) is 0 Å². The van der Waals surface area contributed by atoms with Crippen LogP contribution in [0.5, 0.6) is 17.2 Å². The Kier molecular flexibility index (Phi) is 5.83. The van der Waals surface area contributed by atoms with Crippen molar-refractivity contribution in [3.63, 3.8) is 0 Å². The standard InChI is InChI=1S/C23H20FN3O4S/c1-16-14-27(15-25-16)20-12-9-18(13-22(20)30-2)26-32(28,29)23-6-4-3-5-21(23)31-19-10-7-17(24)8-11-19/h3-15,26H,1-2H3. The number of benzene rings is 3. The van der Waals surface area contributed by atoms with Crippen molar-refractivity contribution in [3.05, 3.63) is 90.8 Å². The van der Waals surface area contributed by atoms with Crippen LogP contribution in [-0.4, -0.2) is 25.1 Å². The third-order valence-corrected chi connectivity index (χ3v) is 6.02. The van der Waals surface area contributed by atoms with Gasteiger partial charge in [0.2, 0.25) is 0 Å². The summed E-state index contributed by atoms with van der Waals surface area (Å²) in [5.41, 5.74) is 1.88. The lowest BCUT2D eigenvalue weighted by Crippen LogP contribution is -2.14. The average molecular weight is 453 g/mol. The number of methoxy groups -OCH3 is 1. The van der Waals surface area contributed by atoms with Crippen molar-refractivity contribution in [1.82, 2.24) is 9.55 Å². The lowest BCUT2D eigenvalue weighted by molar-refractivity contribution is 0.413. The third-order valence-electron chi connectivity index (χ3n) is 4.60. The zero-order valence-corrected chi connectivity index (χ0v) is 18.1. The van der Waals surface area contributed by atoms with Crippen molar-refractivity contribution in [1.29, 1.82) is 0 Å². The number of halogens is 1. The summed E-state index contributed by atoms with van der Waals surface area (Å²) in [6.45, 7) is 1.87. The van der Waals surface area contributed by atoms with Crippen molar-refractivity contribution in [2.45, 2.75) is 11.8 Å². The van der Waals surface area contributed by atoms with Gasteiger partial charge in [0, 0.05) is 12.3 Å². The minimum atomic E-state index is -3.99. The second-order valence-electron chi connectivity index (χ2n) is 6.92. The first kappa shape index (κ1) is 21.4. The van der Waals surface area contributed by atoms with Crippen LogP contribution in [-0.2, 0) is 10.0 Å². The van der Waals surface area contributed by atoms with Crippen LogP contribution in [0.2, 0.25) is 0 Å². The molecule has 1 heterocycles. The van der Waals surface area contributed by atoms with Gasteiger partial charge in [-0.2, -0.15) is 0 Å². The fourth-order valence-electron chi connectivity index (χ4n) is 3.10. The smallest absolute Gasteiger partial charge is 0.265 e. The molecule has 0 radical (unpaired) electrons. The van der Waals surface area contributed by atoms with E-state index < -0.39 is 15.8 Å². The van der Waals surface area contributed by atoms with E-state index in [1.54, 1.807) is 41.2 Å². The number of rotatable bonds is 7. The molecule has 0 saturated heterocycles. The molecule has 4 aromatic rings. The zero-order chi connectivity index (χ0) is 22.7. The summed E-state index contributed by atoms with van der Waals surface area (Å²) in [5.74, 6) is 0.487. The Labute approximate surface area is 185 Å². The largest absolute Gasteiger partial charge is 0.494 e. The number of nitrogens with one attached hydrogen (secondary N) is 1. The van der Waals surface area contributed by atoms with E-state index in [-0.39, 0.29) is 10.6 Å². The quantitative estimate of drug-likeness (QED) is 0.429. The van der Waals surface area contributed by atoms with Gasteiger partial charge in [0.25, 0.3) is 10.0 Å². The van der Waals surface area contributed by atoms with Gasteiger partial charge >= 0.3 is 0 Å². The number of aromatic nitrogens is 2. The monoisotopic (exact) mass is 453 g/mol. The van der Waals surface area contributed by atoms with Crippen LogP contribution in [0.1, 0.15) is 5.69 Å². The van der Waals surface area contributed by atoms with Crippen molar-refractivity contribution in [2.24, 2.45) is 0 Å². The molecule has 0 amide bonds. The number of para-hydroxylation sites is 1. The fraction of sp³-hybridized carbons (Fsp3) is 0.0870. The molecule has 4 rings (SSSR count). The van der Waals surface area contributed by atoms with Gasteiger partial charge < -0.3 is 14.0 Å². The fourth-order valence-corrected chi connectivity index (χ4v) is 4.28. The molecule has 0 bridgehead atoms. The van der Waals surface area contributed by atoms with Gasteiger partial charge in [-0.15, -0.1) is 0 Å². The van der Waals surface area contributed by atoms with Gasteiger partial charge in [0.05, 0.1) is 30.5 Å². The molecule has 1 N–H and O–H groups in total. The number of hydrogen-bond acceptors (Lipinski definition) is 5. The van der Waals surface area contributed by atoms with Crippen molar-refractivity contribution < 1.29 is 22.3 Å². The molecule has 0 aliphatic heterocycles. The normalized spacial score (nSPS) is 11.2.